The van der Waals surface area contributed by atoms with Crippen LogP contribution in [0.15, 0.2) is 53.0 Å². The Kier molecular flexibility index (Phi) is 6.24. The van der Waals surface area contributed by atoms with Crippen molar-refractivity contribution in [1.29, 1.82) is 0 Å². The number of halogens is 2. The molecule has 0 fully saturated rings. The van der Waals surface area contributed by atoms with Crippen molar-refractivity contribution < 1.29 is 4.39 Å². The highest BCUT2D eigenvalue weighted by Crippen LogP contribution is 2.27. The summed E-state index contributed by atoms with van der Waals surface area (Å²) in [5.74, 6) is -0.221. The molecule has 0 aromatic heterocycles. The van der Waals surface area contributed by atoms with Crippen molar-refractivity contribution in [2.24, 2.45) is 0 Å². The Morgan fingerprint density at radius 3 is 2.52 bits per heavy atom. The van der Waals surface area contributed by atoms with Crippen molar-refractivity contribution in [3.8, 4) is 0 Å². The monoisotopic (exact) mass is 349 g/mol. The van der Waals surface area contributed by atoms with Gasteiger partial charge in [-0.1, -0.05) is 72.4 Å². The van der Waals surface area contributed by atoms with Gasteiger partial charge in [0, 0.05) is 4.47 Å². The van der Waals surface area contributed by atoms with Crippen molar-refractivity contribution in [3.05, 3.63) is 64.4 Å². The summed E-state index contributed by atoms with van der Waals surface area (Å²) in [4.78, 5) is 0. The molecular formula is C18H21BrFN. The van der Waals surface area contributed by atoms with Crippen LogP contribution < -0.4 is 5.32 Å². The van der Waals surface area contributed by atoms with Crippen LogP contribution in [0.3, 0.4) is 0 Å². The van der Waals surface area contributed by atoms with E-state index < -0.39 is 0 Å². The van der Waals surface area contributed by atoms with E-state index in [9.17, 15) is 4.39 Å². The molecule has 21 heavy (non-hydrogen) atoms. The van der Waals surface area contributed by atoms with Crippen molar-refractivity contribution in [2.45, 2.75) is 38.6 Å². The maximum Gasteiger partial charge on any atom is 0.147 e. The van der Waals surface area contributed by atoms with Crippen LogP contribution in [0.5, 0.6) is 0 Å². The highest BCUT2D eigenvalue weighted by atomic mass is 79.9. The topological polar surface area (TPSA) is 12.0 Å². The van der Waals surface area contributed by atoms with Crippen LogP contribution in [0.25, 0.3) is 0 Å². The van der Waals surface area contributed by atoms with Gasteiger partial charge >= 0.3 is 0 Å². The van der Waals surface area contributed by atoms with E-state index in [1.165, 1.54) is 24.5 Å². The quantitative estimate of drug-likeness (QED) is 0.576. The standard InChI is InChI=1S/C18H21BrFN/c1-2-3-5-10-17(14-8-6-4-7-9-14)21-18-12-11-15(19)13-16(18)20/h4,6-9,11-13,17,21H,2-3,5,10H2,1H3. The molecule has 2 rings (SSSR count). The molecule has 2 aromatic carbocycles. The zero-order valence-electron chi connectivity index (χ0n) is 12.3. The van der Waals surface area contributed by atoms with E-state index in [0.29, 0.717) is 5.69 Å². The highest BCUT2D eigenvalue weighted by molar-refractivity contribution is 9.10. The Morgan fingerprint density at radius 2 is 1.86 bits per heavy atom. The lowest BCUT2D eigenvalue weighted by atomic mass is 10.00. The molecule has 1 atom stereocenters. The lowest BCUT2D eigenvalue weighted by molar-refractivity contribution is 0.592. The minimum atomic E-state index is -0.221. The molecule has 0 heterocycles. The van der Waals surface area contributed by atoms with Gasteiger partial charge in [0.1, 0.15) is 5.82 Å². The van der Waals surface area contributed by atoms with Gasteiger partial charge in [-0.3, -0.25) is 0 Å². The smallest absolute Gasteiger partial charge is 0.147 e. The number of nitrogens with one attached hydrogen (secondary N) is 1. The van der Waals surface area contributed by atoms with Gasteiger partial charge in [0.05, 0.1) is 11.7 Å². The molecule has 1 nitrogen and oxygen atoms in total. The molecular weight excluding hydrogens is 329 g/mol. The molecule has 0 saturated heterocycles. The second-order valence-corrected chi connectivity index (χ2v) is 6.14. The van der Waals surface area contributed by atoms with Crippen LogP contribution in [-0.4, -0.2) is 0 Å². The number of unbranched alkanes of at least 4 members (excludes halogenated alkanes) is 2. The molecule has 1 N–H and O–H groups in total. The second-order valence-electron chi connectivity index (χ2n) is 5.23. The summed E-state index contributed by atoms with van der Waals surface area (Å²) in [6.07, 6.45) is 4.54. The van der Waals surface area contributed by atoms with E-state index in [2.05, 4.69) is 40.3 Å². The first-order chi connectivity index (χ1) is 10.2. The van der Waals surface area contributed by atoms with Gasteiger partial charge in [-0.25, -0.2) is 4.39 Å². The fraction of sp³-hybridized carbons (Fsp3) is 0.333. The van der Waals surface area contributed by atoms with Gasteiger partial charge < -0.3 is 5.32 Å². The highest BCUT2D eigenvalue weighted by Gasteiger charge is 2.13. The zero-order valence-corrected chi connectivity index (χ0v) is 13.9. The summed E-state index contributed by atoms with van der Waals surface area (Å²) < 4.78 is 14.8. The number of rotatable bonds is 7. The zero-order chi connectivity index (χ0) is 15.1. The van der Waals surface area contributed by atoms with E-state index in [-0.39, 0.29) is 11.9 Å². The Balaban J connectivity index is 2.15. The molecule has 0 aliphatic rings. The van der Waals surface area contributed by atoms with E-state index >= 15 is 0 Å². The number of hydrogen-bond acceptors (Lipinski definition) is 1. The Hall–Kier alpha value is -1.35. The molecule has 0 bridgehead atoms. The van der Waals surface area contributed by atoms with Gasteiger partial charge in [0.15, 0.2) is 0 Å². The summed E-state index contributed by atoms with van der Waals surface area (Å²) in [6, 6.07) is 15.6. The third kappa shape index (κ3) is 4.85. The van der Waals surface area contributed by atoms with Crippen LogP contribution in [-0.2, 0) is 0 Å². The maximum absolute atomic E-state index is 14.0. The lowest BCUT2D eigenvalue weighted by Crippen LogP contribution is -2.12. The molecule has 0 saturated carbocycles. The average Bonchev–Trinajstić information content (AvgIpc) is 2.49. The second kappa shape index (κ2) is 8.18. The van der Waals surface area contributed by atoms with Crippen LogP contribution in [0.4, 0.5) is 10.1 Å². The van der Waals surface area contributed by atoms with Gasteiger partial charge in [-0.15, -0.1) is 0 Å². The molecule has 0 spiro atoms. The third-order valence-electron chi connectivity index (χ3n) is 3.56. The Bertz CT molecular complexity index is 556. The number of hydrogen-bond donors (Lipinski definition) is 1. The summed E-state index contributed by atoms with van der Waals surface area (Å²) >= 11 is 3.29. The van der Waals surface area contributed by atoms with E-state index in [1.807, 2.05) is 24.3 Å². The molecule has 112 valence electrons. The first-order valence-corrected chi connectivity index (χ1v) is 8.26. The van der Waals surface area contributed by atoms with Gasteiger partial charge in [-0.05, 0) is 30.2 Å². The SMILES string of the molecule is CCCCCC(Nc1ccc(Br)cc1F)c1ccccc1. The van der Waals surface area contributed by atoms with Gasteiger partial charge in [0.2, 0.25) is 0 Å². The van der Waals surface area contributed by atoms with Crippen LogP contribution in [0, 0.1) is 5.82 Å². The van der Waals surface area contributed by atoms with E-state index in [0.717, 1.165) is 17.3 Å². The van der Waals surface area contributed by atoms with Crippen molar-refractivity contribution >= 4 is 21.6 Å². The Labute approximate surface area is 134 Å². The fourth-order valence-corrected chi connectivity index (χ4v) is 2.73. The predicted octanol–water partition coefficient (Wildman–Crippen LogP) is 6.32. The molecule has 2 aromatic rings. The summed E-state index contributed by atoms with van der Waals surface area (Å²) in [7, 11) is 0. The van der Waals surface area contributed by atoms with E-state index in [4.69, 9.17) is 0 Å². The molecule has 0 aliphatic heterocycles. The van der Waals surface area contributed by atoms with Gasteiger partial charge in [0.25, 0.3) is 0 Å². The first-order valence-electron chi connectivity index (χ1n) is 7.47. The Morgan fingerprint density at radius 1 is 1.10 bits per heavy atom. The largest absolute Gasteiger partial charge is 0.376 e. The average molecular weight is 350 g/mol. The molecule has 0 amide bonds. The number of benzene rings is 2. The minimum absolute atomic E-state index is 0.147. The van der Waals surface area contributed by atoms with Gasteiger partial charge in [-0.2, -0.15) is 0 Å². The van der Waals surface area contributed by atoms with E-state index in [1.54, 1.807) is 6.07 Å². The van der Waals surface area contributed by atoms with Crippen LogP contribution in [0.1, 0.15) is 44.2 Å². The molecule has 0 radical (unpaired) electrons. The molecule has 0 aliphatic carbocycles. The number of anilines is 1. The maximum atomic E-state index is 14.0. The molecule has 1 unspecified atom stereocenters. The van der Waals surface area contributed by atoms with Crippen molar-refractivity contribution in [3.63, 3.8) is 0 Å². The summed E-state index contributed by atoms with van der Waals surface area (Å²) in [5, 5.41) is 3.35. The first kappa shape index (κ1) is 16.0. The minimum Gasteiger partial charge on any atom is -0.376 e. The lowest BCUT2D eigenvalue weighted by Gasteiger charge is -2.21. The summed E-state index contributed by atoms with van der Waals surface area (Å²) in [5.41, 5.74) is 1.76. The molecule has 3 heteroatoms. The normalized spacial score (nSPS) is 12.1. The third-order valence-corrected chi connectivity index (χ3v) is 4.05. The predicted molar refractivity (Wildman–Crippen MR) is 91.0 cm³/mol. The van der Waals surface area contributed by atoms with Crippen LogP contribution in [0.2, 0.25) is 0 Å². The summed E-state index contributed by atoms with van der Waals surface area (Å²) in [6.45, 7) is 2.19. The van der Waals surface area contributed by atoms with Crippen molar-refractivity contribution in [2.75, 3.05) is 5.32 Å². The van der Waals surface area contributed by atoms with Crippen molar-refractivity contribution in [1.82, 2.24) is 0 Å². The van der Waals surface area contributed by atoms with Crippen LogP contribution >= 0.6 is 15.9 Å². The fourth-order valence-electron chi connectivity index (χ4n) is 2.40.